The molecule has 2 rings (SSSR count). The molecule has 12 N–H and O–H groups in total. The molecular weight excluding hydrogens is 512 g/mol. The summed E-state index contributed by atoms with van der Waals surface area (Å²) in [7, 11) is 0. The Morgan fingerprint density at radius 1 is 1.11 bits per heavy atom. The van der Waals surface area contributed by atoms with Crippen LogP contribution in [0.2, 0.25) is 0 Å². The molecule has 16 heteroatoms. The van der Waals surface area contributed by atoms with Gasteiger partial charge in [0, 0.05) is 0 Å². The molecule has 0 bridgehead atoms. The standard InChI is InChI=1S/C19H35NO12S2.H3N/c20-9-7-29-17(14(25)11(9)22)30-8-10(21)15-12(23)13(24)16(26)19(32-15,18(27)28)31-3-1-5-34-6-2-4-33;/h9-17,21-26,33H,1-8,20H2,(H,27,28);1H3/t9-,10+,11-,12+,13-,14+,15+,16-,17+,19+;/m0./s1. The zero-order valence-electron chi connectivity index (χ0n) is 19.2. The van der Waals surface area contributed by atoms with Crippen molar-refractivity contribution in [1.82, 2.24) is 6.15 Å². The first-order valence-electron chi connectivity index (χ1n) is 10.9. The number of hydrogen-bond acceptors (Lipinski definition) is 15. The average Bonchev–Trinajstić information content (AvgIpc) is 2.81. The second-order valence-electron chi connectivity index (χ2n) is 8.12. The first kappa shape index (κ1) is 32.7. The number of nitrogens with two attached hydrogens (primary N) is 1. The monoisotopic (exact) mass is 550 g/mol. The third-order valence-corrected chi connectivity index (χ3v) is 7.01. The SMILES string of the molecule is N.N[C@H]1CO[C@H](OC[C@@H](O)[C@H]2O[C@@](OCCCSCCCS)(C(=O)O)[C@@H](O)[C@@H](O)[C@H]2O)[C@H](O)[C@H]1O. The molecule has 0 spiro atoms. The van der Waals surface area contributed by atoms with Crippen molar-refractivity contribution in [3.05, 3.63) is 0 Å². The Balaban J connectivity index is 0.00000612. The highest BCUT2D eigenvalue weighted by Crippen LogP contribution is 2.34. The second kappa shape index (κ2) is 15.2. The van der Waals surface area contributed by atoms with Crippen LogP contribution in [0.4, 0.5) is 0 Å². The van der Waals surface area contributed by atoms with Crippen molar-refractivity contribution in [1.29, 1.82) is 0 Å². The van der Waals surface area contributed by atoms with Crippen LogP contribution in [0.3, 0.4) is 0 Å². The fourth-order valence-corrected chi connectivity index (χ4v) is 4.76. The van der Waals surface area contributed by atoms with Crippen LogP contribution >= 0.6 is 24.4 Å². The Bertz CT molecular complexity index is 641. The van der Waals surface area contributed by atoms with E-state index in [2.05, 4.69) is 12.6 Å². The molecule has 0 radical (unpaired) electrons. The Kier molecular flexibility index (Phi) is 14.2. The number of aliphatic hydroxyl groups excluding tert-OH is 6. The van der Waals surface area contributed by atoms with Crippen LogP contribution < -0.4 is 11.9 Å². The minimum Gasteiger partial charge on any atom is -0.477 e. The Labute approximate surface area is 212 Å². The van der Waals surface area contributed by atoms with Crippen LogP contribution in [0.15, 0.2) is 0 Å². The summed E-state index contributed by atoms with van der Waals surface area (Å²) in [6.45, 7) is -0.916. The molecule has 35 heavy (non-hydrogen) atoms. The third kappa shape index (κ3) is 8.08. The second-order valence-corrected chi connectivity index (χ2v) is 9.79. The van der Waals surface area contributed by atoms with E-state index in [1.165, 1.54) is 0 Å². The number of carboxylic acids is 1. The zero-order valence-corrected chi connectivity index (χ0v) is 20.9. The van der Waals surface area contributed by atoms with Crippen LogP contribution in [0, 0.1) is 0 Å². The molecule has 0 amide bonds. The molecule has 14 nitrogen and oxygen atoms in total. The van der Waals surface area contributed by atoms with E-state index in [-0.39, 0.29) is 19.4 Å². The van der Waals surface area contributed by atoms with Gasteiger partial charge in [-0.1, -0.05) is 0 Å². The van der Waals surface area contributed by atoms with Crippen LogP contribution in [0.5, 0.6) is 0 Å². The Hall–Kier alpha value is -0.310. The average molecular weight is 551 g/mol. The summed E-state index contributed by atoms with van der Waals surface area (Å²) < 4.78 is 21.1. The predicted octanol–water partition coefficient (Wildman–Crippen LogP) is -3.35. The molecule has 2 saturated heterocycles. The summed E-state index contributed by atoms with van der Waals surface area (Å²) in [6, 6.07) is -0.838. The molecule has 0 aromatic heterocycles. The first-order valence-corrected chi connectivity index (χ1v) is 12.7. The summed E-state index contributed by atoms with van der Waals surface area (Å²) in [5, 5.41) is 71.0. The number of thiol groups is 1. The molecule has 0 unspecified atom stereocenters. The van der Waals surface area contributed by atoms with E-state index < -0.39 is 73.4 Å². The van der Waals surface area contributed by atoms with E-state index in [4.69, 9.17) is 24.7 Å². The number of hydrogen-bond donors (Lipinski definition) is 10. The van der Waals surface area contributed by atoms with Gasteiger partial charge < -0.3 is 66.6 Å². The van der Waals surface area contributed by atoms with Crippen molar-refractivity contribution >= 4 is 30.4 Å². The minimum atomic E-state index is -2.75. The molecule has 0 aromatic rings. The van der Waals surface area contributed by atoms with Crippen LogP contribution in [-0.4, -0.2) is 140 Å². The van der Waals surface area contributed by atoms with Gasteiger partial charge in [-0.25, -0.2) is 4.79 Å². The van der Waals surface area contributed by atoms with Crippen LogP contribution in [0.25, 0.3) is 0 Å². The lowest BCUT2D eigenvalue weighted by Crippen LogP contribution is -2.70. The Morgan fingerprint density at radius 3 is 2.40 bits per heavy atom. The number of thioether (sulfide) groups is 1. The van der Waals surface area contributed by atoms with Gasteiger partial charge in [-0.15, -0.1) is 0 Å². The molecule has 2 aliphatic rings. The molecule has 0 aromatic carbocycles. The summed E-state index contributed by atoms with van der Waals surface area (Å²) >= 11 is 5.73. The van der Waals surface area contributed by atoms with E-state index >= 15 is 0 Å². The van der Waals surface area contributed by atoms with E-state index in [0.717, 1.165) is 17.9 Å². The quantitative estimate of drug-likeness (QED) is 0.0794. The van der Waals surface area contributed by atoms with Gasteiger partial charge in [0.1, 0.15) is 42.7 Å². The summed E-state index contributed by atoms with van der Waals surface area (Å²) in [6.07, 6.45) is -12.4. The van der Waals surface area contributed by atoms with Gasteiger partial charge in [0.2, 0.25) is 0 Å². The maximum absolute atomic E-state index is 12.0. The van der Waals surface area contributed by atoms with Crippen molar-refractivity contribution in [2.75, 3.05) is 37.1 Å². The van der Waals surface area contributed by atoms with Gasteiger partial charge >= 0.3 is 5.97 Å². The van der Waals surface area contributed by atoms with Crippen molar-refractivity contribution in [2.45, 2.75) is 73.7 Å². The number of carbonyl (C=O) groups is 1. The molecule has 2 heterocycles. The van der Waals surface area contributed by atoms with E-state index in [0.29, 0.717) is 12.2 Å². The predicted molar refractivity (Wildman–Crippen MR) is 126 cm³/mol. The van der Waals surface area contributed by atoms with Gasteiger partial charge in [-0.2, -0.15) is 24.4 Å². The molecule has 2 aliphatic heterocycles. The number of aliphatic hydroxyl groups is 6. The number of aliphatic carboxylic acids is 1. The van der Waals surface area contributed by atoms with Gasteiger partial charge in [-0.05, 0) is 30.1 Å². The van der Waals surface area contributed by atoms with Gasteiger partial charge in [0.05, 0.1) is 25.9 Å². The fraction of sp³-hybridized carbons (Fsp3) is 0.947. The smallest absolute Gasteiger partial charge is 0.367 e. The molecule has 208 valence electrons. The lowest BCUT2D eigenvalue weighted by atomic mass is 9.90. The highest BCUT2D eigenvalue weighted by molar-refractivity contribution is 7.99. The van der Waals surface area contributed by atoms with E-state index in [1.807, 2.05) is 0 Å². The van der Waals surface area contributed by atoms with Crippen molar-refractivity contribution < 1.29 is 59.5 Å². The van der Waals surface area contributed by atoms with Crippen molar-refractivity contribution in [3.8, 4) is 0 Å². The minimum absolute atomic E-state index is 0. The largest absolute Gasteiger partial charge is 0.477 e. The highest BCUT2D eigenvalue weighted by Gasteiger charge is 2.61. The van der Waals surface area contributed by atoms with Crippen molar-refractivity contribution in [2.24, 2.45) is 5.73 Å². The maximum atomic E-state index is 12.0. The molecule has 2 fully saturated rings. The van der Waals surface area contributed by atoms with E-state index in [1.54, 1.807) is 11.8 Å². The molecule has 0 aliphatic carbocycles. The Morgan fingerprint density at radius 2 is 1.77 bits per heavy atom. The summed E-state index contributed by atoms with van der Waals surface area (Å²) in [5.41, 5.74) is 5.57. The highest BCUT2D eigenvalue weighted by atomic mass is 32.2. The van der Waals surface area contributed by atoms with Gasteiger partial charge in [0.15, 0.2) is 6.29 Å². The summed E-state index contributed by atoms with van der Waals surface area (Å²) in [4.78, 5) is 12.0. The van der Waals surface area contributed by atoms with Crippen molar-refractivity contribution in [3.63, 3.8) is 0 Å². The normalized spacial score (nSPS) is 38.5. The molecule has 0 saturated carbocycles. The first-order chi connectivity index (χ1) is 16.1. The van der Waals surface area contributed by atoms with E-state index in [9.17, 15) is 40.5 Å². The van der Waals surface area contributed by atoms with Crippen LogP contribution in [-0.2, 0) is 23.7 Å². The molecular formula is C19H38N2O12S2. The van der Waals surface area contributed by atoms with Crippen LogP contribution in [0.1, 0.15) is 12.8 Å². The maximum Gasteiger partial charge on any atom is 0.367 e. The lowest BCUT2D eigenvalue weighted by molar-refractivity contribution is -0.361. The zero-order chi connectivity index (χ0) is 25.5. The molecule has 10 atom stereocenters. The third-order valence-electron chi connectivity index (χ3n) is 5.54. The number of carboxylic acid groups (broad SMARTS) is 1. The fourth-order valence-electron chi connectivity index (χ4n) is 3.52. The lowest BCUT2D eigenvalue weighted by Gasteiger charge is -2.47. The number of ether oxygens (including phenoxy) is 4. The van der Waals surface area contributed by atoms with Gasteiger partial charge in [0.25, 0.3) is 5.79 Å². The topological polar surface area (TPSA) is 257 Å². The summed E-state index contributed by atoms with van der Waals surface area (Å²) in [5.74, 6) is -2.24. The van der Waals surface area contributed by atoms with Gasteiger partial charge in [-0.3, -0.25) is 0 Å². The number of rotatable bonds is 13.